The first-order valence-electron chi connectivity index (χ1n) is 11.9. The van der Waals surface area contributed by atoms with E-state index < -0.39 is 11.9 Å². The quantitative estimate of drug-likeness (QED) is 0.392. The second-order valence-electron chi connectivity index (χ2n) is 9.62. The molecule has 0 spiro atoms. The minimum atomic E-state index is -0.558. The Morgan fingerprint density at radius 2 is 1.56 bits per heavy atom. The van der Waals surface area contributed by atoms with Crippen molar-refractivity contribution in [3.8, 4) is 5.75 Å². The summed E-state index contributed by atoms with van der Waals surface area (Å²) in [7, 11) is 0. The van der Waals surface area contributed by atoms with Gasteiger partial charge in [-0.3, -0.25) is 24.1 Å². The molecule has 176 valence electrons. The van der Waals surface area contributed by atoms with Gasteiger partial charge in [-0.05, 0) is 62.6 Å². The number of amides is 3. The van der Waals surface area contributed by atoms with Crippen LogP contribution in [-0.4, -0.2) is 30.2 Å². The number of fused-ring (bicyclic) bond motifs is 1. The topological polar surface area (TPSA) is 84.0 Å². The molecule has 7 heteroatoms. The van der Waals surface area contributed by atoms with E-state index in [-0.39, 0.29) is 42.5 Å². The molecule has 0 aromatic heterocycles. The van der Waals surface area contributed by atoms with Crippen LogP contribution in [0.25, 0.3) is 0 Å². The number of benzene rings is 2. The van der Waals surface area contributed by atoms with Gasteiger partial charge in [0.05, 0.1) is 23.4 Å². The molecular formula is C27H28N2O5. The van der Waals surface area contributed by atoms with Crippen molar-refractivity contribution < 1.29 is 23.9 Å². The number of hydrogen-bond acceptors (Lipinski definition) is 5. The Bertz CT molecular complexity index is 1150. The Morgan fingerprint density at radius 1 is 0.912 bits per heavy atom. The van der Waals surface area contributed by atoms with E-state index in [2.05, 4.69) is 0 Å². The van der Waals surface area contributed by atoms with Gasteiger partial charge < -0.3 is 9.64 Å². The maximum Gasteiger partial charge on any atom is 0.316 e. The second-order valence-corrected chi connectivity index (χ2v) is 9.62. The zero-order valence-corrected chi connectivity index (χ0v) is 19.5. The highest BCUT2D eigenvalue weighted by atomic mass is 16.5. The molecule has 0 bridgehead atoms. The van der Waals surface area contributed by atoms with Crippen molar-refractivity contribution in [1.82, 2.24) is 0 Å². The Labute approximate surface area is 198 Å². The molecule has 3 fully saturated rings. The molecule has 2 aromatic carbocycles. The molecule has 1 saturated carbocycles. The molecule has 34 heavy (non-hydrogen) atoms. The summed E-state index contributed by atoms with van der Waals surface area (Å²) in [5.41, 5.74) is 3.42. The van der Waals surface area contributed by atoms with Crippen LogP contribution in [-0.2, 0) is 19.2 Å². The first-order chi connectivity index (χ1) is 16.3. The van der Waals surface area contributed by atoms with Crippen molar-refractivity contribution >= 4 is 35.1 Å². The van der Waals surface area contributed by atoms with Crippen molar-refractivity contribution in [2.24, 2.45) is 17.8 Å². The van der Waals surface area contributed by atoms with Crippen LogP contribution in [0.4, 0.5) is 11.4 Å². The number of rotatable bonds is 4. The third-order valence-electron chi connectivity index (χ3n) is 7.26. The standard InChI is InChI=1S/C27H28N2O5/c1-16-7-12-23(17(2)13-16)28-15-18(14-24(28)30)27(33)34-20-10-8-19(9-11-20)29-25(31)21-5-3-4-6-22(21)26(29)32/h7-13,18,21-22H,3-6,14-15H2,1-2H3/t18-,21-,22+/m0/s1. The SMILES string of the molecule is Cc1ccc(N2C[C@@H](C(=O)Oc3ccc(N4C(=O)[C@H]5CCCC[C@H]5C4=O)cc3)CC2=O)c(C)c1. The van der Waals surface area contributed by atoms with Gasteiger partial charge in [-0.25, -0.2) is 0 Å². The lowest BCUT2D eigenvalue weighted by atomic mass is 9.81. The largest absolute Gasteiger partial charge is 0.426 e. The molecule has 2 heterocycles. The third kappa shape index (κ3) is 3.89. The van der Waals surface area contributed by atoms with Crippen LogP contribution in [0.5, 0.6) is 5.75 Å². The maximum atomic E-state index is 12.8. The monoisotopic (exact) mass is 460 g/mol. The minimum Gasteiger partial charge on any atom is -0.426 e. The van der Waals surface area contributed by atoms with Crippen LogP contribution in [0.15, 0.2) is 42.5 Å². The van der Waals surface area contributed by atoms with Crippen molar-refractivity contribution in [3.63, 3.8) is 0 Å². The maximum absolute atomic E-state index is 12.8. The summed E-state index contributed by atoms with van der Waals surface area (Å²) < 4.78 is 5.54. The van der Waals surface area contributed by atoms with E-state index in [1.165, 1.54) is 4.90 Å². The number of carbonyl (C=O) groups excluding carboxylic acids is 4. The van der Waals surface area contributed by atoms with Crippen molar-refractivity contribution in [1.29, 1.82) is 0 Å². The van der Waals surface area contributed by atoms with Gasteiger partial charge >= 0.3 is 5.97 Å². The van der Waals surface area contributed by atoms with E-state index >= 15 is 0 Å². The Hall–Kier alpha value is -3.48. The lowest BCUT2D eigenvalue weighted by Crippen LogP contribution is -2.30. The fourth-order valence-electron chi connectivity index (χ4n) is 5.49. The molecular weight excluding hydrogens is 432 g/mol. The molecule has 2 aliphatic heterocycles. The highest BCUT2D eigenvalue weighted by Gasteiger charge is 2.48. The zero-order chi connectivity index (χ0) is 24.0. The zero-order valence-electron chi connectivity index (χ0n) is 19.5. The summed E-state index contributed by atoms with van der Waals surface area (Å²) in [5.74, 6) is -1.48. The van der Waals surface area contributed by atoms with Crippen molar-refractivity contribution in [2.75, 3.05) is 16.3 Å². The van der Waals surface area contributed by atoms with Gasteiger partial charge in [0.2, 0.25) is 17.7 Å². The number of carbonyl (C=O) groups is 4. The lowest BCUT2D eigenvalue weighted by Gasteiger charge is -2.19. The molecule has 2 aromatic rings. The molecule has 1 aliphatic carbocycles. The van der Waals surface area contributed by atoms with E-state index in [9.17, 15) is 19.2 Å². The van der Waals surface area contributed by atoms with E-state index in [0.29, 0.717) is 11.4 Å². The molecule has 3 aliphatic rings. The van der Waals surface area contributed by atoms with Gasteiger partial charge in [-0.2, -0.15) is 0 Å². The second kappa shape index (κ2) is 8.70. The molecule has 3 amide bonds. The fourth-order valence-corrected chi connectivity index (χ4v) is 5.49. The summed E-state index contributed by atoms with van der Waals surface area (Å²) in [5, 5.41) is 0. The predicted octanol–water partition coefficient (Wildman–Crippen LogP) is 3.94. The van der Waals surface area contributed by atoms with Gasteiger partial charge in [0.15, 0.2) is 0 Å². The normalized spacial score (nSPS) is 24.5. The number of hydrogen-bond donors (Lipinski definition) is 0. The first-order valence-corrected chi connectivity index (χ1v) is 11.9. The lowest BCUT2D eigenvalue weighted by molar-refractivity contribution is -0.139. The van der Waals surface area contributed by atoms with Gasteiger partial charge in [0.1, 0.15) is 5.75 Å². The first kappa shape index (κ1) is 22.3. The molecule has 0 unspecified atom stereocenters. The van der Waals surface area contributed by atoms with E-state index in [1.54, 1.807) is 29.2 Å². The summed E-state index contributed by atoms with van der Waals surface area (Å²) in [6, 6.07) is 12.3. The Morgan fingerprint density at radius 3 is 2.18 bits per heavy atom. The van der Waals surface area contributed by atoms with Gasteiger partial charge in [0.25, 0.3) is 0 Å². The number of aryl methyl sites for hydroxylation is 2. The van der Waals surface area contributed by atoms with Crippen molar-refractivity contribution in [2.45, 2.75) is 46.0 Å². The molecule has 0 radical (unpaired) electrons. The predicted molar refractivity (Wildman–Crippen MR) is 126 cm³/mol. The highest BCUT2D eigenvalue weighted by Crippen LogP contribution is 2.40. The molecule has 7 nitrogen and oxygen atoms in total. The number of nitrogens with zero attached hydrogens (tertiary/aromatic N) is 2. The van der Waals surface area contributed by atoms with E-state index in [4.69, 9.17) is 4.74 Å². The summed E-state index contributed by atoms with van der Waals surface area (Å²) >= 11 is 0. The van der Waals surface area contributed by atoms with Crippen LogP contribution < -0.4 is 14.5 Å². The number of anilines is 2. The minimum absolute atomic E-state index is 0.100. The van der Waals surface area contributed by atoms with Gasteiger partial charge in [0, 0.05) is 18.7 Å². The highest BCUT2D eigenvalue weighted by molar-refractivity contribution is 6.22. The van der Waals surface area contributed by atoms with Crippen LogP contribution in [0.1, 0.15) is 43.2 Å². The molecule has 2 saturated heterocycles. The summed E-state index contributed by atoms with van der Waals surface area (Å²) in [4.78, 5) is 53.9. The van der Waals surface area contributed by atoms with Crippen molar-refractivity contribution in [3.05, 3.63) is 53.6 Å². The summed E-state index contributed by atoms with van der Waals surface area (Å²) in [6.07, 6.45) is 3.59. The molecule has 3 atom stereocenters. The summed E-state index contributed by atoms with van der Waals surface area (Å²) in [6.45, 7) is 4.23. The average molecular weight is 461 g/mol. The van der Waals surface area contributed by atoms with Crippen LogP contribution in [0, 0.1) is 31.6 Å². The van der Waals surface area contributed by atoms with E-state index in [1.807, 2.05) is 32.0 Å². The Balaban J connectivity index is 1.25. The number of esters is 1. The number of imide groups is 1. The van der Waals surface area contributed by atoms with Crippen LogP contribution in [0.2, 0.25) is 0 Å². The Kier molecular flexibility index (Phi) is 5.71. The smallest absolute Gasteiger partial charge is 0.316 e. The van der Waals surface area contributed by atoms with Crippen LogP contribution in [0.3, 0.4) is 0 Å². The van der Waals surface area contributed by atoms with Gasteiger partial charge in [-0.15, -0.1) is 0 Å². The molecule has 5 rings (SSSR count). The third-order valence-corrected chi connectivity index (χ3v) is 7.26. The van der Waals surface area contributed by atoms with Crippen LogP contribution >= 0.6 is 0 Å². The molecule has 0 N–H and O–H groups in total. The number of ether oxygens (including phenoxy) is 1. The van der Waals surface area contributed by atoms with E-state index in [0.717, 1.165) is 42.5 Å². The fraction of sp³-hybridized carbons (Fsp3) is 0.407. The van der Waals surface area contributed by atoms with Gasteiger partial charge in [-0.1, -0.05) is 30.5 Å². The average Bonchev–Trinajstić information content (AvgIpc) is 3.32.